The third-order valence-electron chi connectivity index (χ3n) is 2.09. The van der Waals surface area contributed by atoms with Gasteiger partial charge in [0.25, 0.3) is 0 Å². The molecule has 0 aliphatic carbocycles. The van der Waals surface area contributed by atoms with Crippen molar-refractivity contribution in [3.63, 3.8) is 0 Å². The third-order valence-corrected chi connectivity index (χ3v) is 2.09. The zero-order chi connectivity index (χ0) is 9.97. The van der Waals surface area contributed by atoms with Crippen LogP contribution in [0.15, 0.2) is 36.7 Å². The summed E-state index contributed by atoms with van der Waals surface area (Å²) in [5.74, 6) is 0. The fourth-order valence-electron chi connectivity index (χ4n) is 1.35. The van der Waals surface area contributed by atoms with E-state index in [1.807, 2.05) is 36.7 Å². The van der Waals surface area contributed by atoms with Gasteiger partial charge in [-0.1, -0.05) is 0 Å². The van der Waals surface area contributed by atoms with Gasteiger partial charge in [-0.2, -0.15) is 0 Å². The molecule has 2 heterocycles. The normalized spacial score (nSPS) is 9.47. The third kappa shape index (κ3) is 2.94. The Bertz CT molecular complexity index is 411. The first kappa shape index (κ1) is 12.0. The van der Waals surface area contributed by atoms with Gasteiger partial charge >= 0.3 is 0 Å². The largest absolute Gasteiger partial charge is 0.255 e. The number of aryl methyl sites for hydroxylation is 2. The van der Waals surface area contributed by atoms with Gasteiger partial charge in [0.15, 0.2) is 0 Å². The number of hydrogen-bond acceptors (Lipinski definition) is 2. The summed E-state index contributed by atoms with van der Waals surface area (Å²) in [6, 6.07) is 8.06. The van der Waals surface area contributed by atoms with Crippen molar-refractivity contribution >= 4 is 0 Å². The van der Waals surface area contributed by atoms with Crippen LogP contribution in [0.4, 0.5) is 0 Å². The van der Waals surface area contributed by atoms with E-state index in [1.165, 1.54) is 11.1 Å². The Morgan fingerprint density at radius 2 is 1.20 bits per heavy atom. The summed E-state index contributed by atoms with van der Waals surface area (Å²) >= 11 is 0. The maximum Gasteiger partial charge on any atom is 0.0888 e. The van der Waals surface area contributed by atoms with Crippen LogP contribution < -0.4 is 0 Å². The van der Waals surface area contributed by atoms with Crippen molar-refractivity contribution in [1.29, 1.82) is 0 Å². The molecule has 0 atom stereocenters. The molecule has 0 fully saturated rings. The summed E-state index contributed by atoms with van der Waals surface area (Å²) in [6.07, 6.45) is 3.63. The monoisotopic (exact) mass is 376 g/mol. The predicted molar refractivity (Wildman–Crippen MR) is 56.9 cm³/mol. The second-order valence-corrected chi connectivity index (χ2v) is 3.44. The first-order valence-electron chi connectivity index (χ1n) is 4.61. The Balaban J connectivity index is 0.00000112. The van der Waals surface area contributed by atoms with Gasteiger partial charge in [-0.25, -0.2) is 0 Å². The van der Waals surface area contributed by atoms with Crippen LogP contribution in [-0.4, -0.2) is 9.97 Å². The summed E-state index contributed by atoms with van der Waals surface area (Å²) < 4.78 is 0. The van der Waals surface area contributed by atoms with Crippen LogP contribution in [-0.2, 0) is 19.8 Å². The van der Waals surface area contributed by atoms with Crippen molar-refractivity contribution in [1.82, 2.24) is 9.97 Å². The fraction of sp³-hybridized carbons (Fsp3) is 0.167. The van der Waals surface area contributed by atoms with Gasteiger partial charge in [0.2, 0.25) is 0 Å². The van der Waals surface area contributed by atoms with Crippen molar-refractivity contribution in [2.24, 2.45) is 0 Å². The molecule has 0 saturated heterocycles. The first-order valence-corrected chi connectivity index (χ1v) is 4.61. The zero-order valence-corrected chi connectivity index (χ0v) is 11.3. The van der Waals surface area contributed by atoms with E-state index in [4.69, 9.17) is 0 Å². The molecule has 0 aliphatic heterocycles. The van der Waals surface area contributed by atoms with E-state index in [0.717, 1.165) is 11.4 Å². The van der Waals surface area contributed by atoms with Crippen LogP contribution >= 0.6 is 0 Å². The SMILES string of the molecule is Cc1ccnc(-c2cc(C)ccn2)c1.[Os]. The first-order chi connectivity index (χ1) is 6.75. The number of hydrogen-bond donors (Lipinski definition) is 0. The molecule has 0 unspecified atom stereocenters. The number of nitrogens with zero attached hydrogens (tertiary/aromatic N) is 2. The Labute approximate surface area is 103 Å². The summed E-state index contributed by atoms with van der Waals surface area (Å²) in [6.45, 7) is 4.11. The second-order valence-electron chi connectivity index (χ2n) is 3.44. The second kappa shape index (κ2) is 5.14. The molecule has 0 spiro atoms. The van der Waals surface area contributed by atoms with Crippen LogP contribution in [0.3, 0.4) is 0 Å². The molecule has 3 heteroatoms. The Morgan fingerprint density at radius 1 is 0.800 bits per heavy atom. The molecular weight excluding hydrogens is 362 g/mol. The minimum Gasteiger partial charge on any atom is -0.255 e. The maximum absolute atomic E-state index is 4.29. The molecule has 0 N–H and O–H groups in total. The molecular formula is C12H12N2Os. The predicted octanol–water partition coefficient (Wildman–Crippen LogP) is 2.76. The van der Waals surface area contributed by atoms with Gasteiger partial charge in [-0.3, -0.25) is 9.97 Å². The summed E-state index contributed by atoms with van der Waals surface area (Å²) in [5.41, 5.74) is 4.29. The minimum atomic E-state index is 0. The van der Waals surface area contributed by atoms with Crippen molar-refractivity contribution in [2.75, 3.05) is 0 Å². The van der Waals surface area contributed by atoms with Crippen molar-refractivity contribution in [3.8, 4) is 11.4 Å². The van der Waals surface area contributed by atoms with E-state index in [0.29, 0.717) is 0 Å². The van der Waals surface area contributed by atoms with Crippen LogP contribution in [0.5, 0.6) is 0 Å². The van der Waals surface area contributed by atoms with Crippen LogP contribution in [0.2, 0.25) is 0 Å². The molecule has 0 bridgehead atoms. The van der Waals surface area contributed by atoms with E-state index >= 15 is 0 Å². The molecule has 0 aliphatic rings. The van der Waals surface area contributed by atoms with E-state index < -0.39 is 0 Å². The molecule has 0 aromatic carbocycles. The van der Waals surface area contributed by atoms with Gasteiger partial charge in [0.05, 0.1) is 11.4 Å². The van der Waals surface area contributed by atoms with Crippen molar-refractivity contribution in [2.45, 2.75) is 13.8 Å². The van der Waals surface area contributed by atoms with Crippen LogP contribution in [0.25, 0.3) is 11.4 Å². The van der Waals surface area contributed by atoms with Gasteiger partial charge in [-0.05, 0) is 49.2 Å². The molecule has 15 heavy (non-hydrogen) atoms. The molecule has 2 aromatic rings. The van der Waals surface area contributed by atoms with Gasteiger partial charge in [0.1, 0.15) is 0 Å². The molecule has 0 saturated carbocycles. The molecule has 0 radical (unpaired) electrons. The summed E-state index contributed by atoms with van der Waals surface area (Å²) in [4.78, 5) is 8.58. The number of aromatic nitrogens is 2. The van der Waals surface area contributed by atoms with E-state index in [-0.39, 0.29) is 19.8 Å². The molecule has 2 rings (SSSR count). The Morgan fingerprint density at radius 3 is 1.53 bits per heavy atom. The fourth-order valence-corrected chi connectivity index (χ4v) is 1.35. The molecule has 0 amide bonds. The van der Waals surface area contributed by atoms with Gasteiger partial charge in [-0.15, -0.1) is 0 Å². The molecule has 78 valence electrons. The average Bonchev–Trinajstić information content (AvgIpc) is 2.18. The molecule has 2 aromatic heterocycles. The number of pyridine rings is 2. The van der Waals surface area contributed by atoms with E-state index in [9.17, 15) is 0 Å². The average molecular weight is 374 g/mol. The van der Waals surface area contributed by atoms with Crippen molar-refractivity contribution in [3.05, 3.63) is 47.8 Å². The van der Waals surface area contributed by atoms with E-state index in [1.54, 1.807) is 0 Å². The standard InChI is InChI=1S/C12H12N2.Os/c1-9-3-5-13-11(7-9)12-8-10(2)4-6-14-12;/h3-8H,1-2H3;. The van der Waals surface area contributed by atoms with Crippen molar-refractivity contribution < 1.29 is 19.8 Å². The van der Waals surface area contributed by atoms with Crippen LogP contribution in [0.1, 0.15) is 11.1 Å². The van der Waals surface area contributed by atoms with Crippen LogP contribution in [0, 0.1) is 13.8 Å². The summed E-state index contributed by atoms with van der Waals surface area (Å²) in [7, 11) is 0. The zero-order valence-electron chi connectivity index (χ0n) is 8.71. The Hall–Kier alpha value is -1.06. The maximum atomic E-state index is 4.29. The minimum absolute atomic E-state index is 0. The summed E-state index contributed by atoms with van der Waals surface area (Å²) in [5, 5.41) is 0. The van der Waals surface area contributed by atoms with Gasteiger partial charge in [0, 0.05) is 32.2 Å². The topological polar surface area (TPSA) is 25.8 Å². The molecule has 2 nitrogen and oxygen atoms in total. The number of rotatable bonds is 1. The Kier molecular flexibility index (Phi) is 4.11. The smallest absolute Gasteiger partial charge is 0.0888 e. The van der Waals surface area contributed by atoms with E-state index in [2.05, 4.69) is 23.8 Å². The quantitative estimate of drug-likeness (QED) is 0.767. The van der Waals surface area contributed by atoms with Gasteiger partial charge < -0.3 is 0 Å².